The number of nitrogens with one attached hydrogen (secondary N) is 3. The minimum atomic E-state index is -0.554. The lowest BCUT2D eigenvalue weighted by molar-refractivity contribution is -0.146. The number of carboxylic acids is 1. The van der Waals surface area contributed by atoms with Crippen LogP contribution in [0.1, 0.15) is 38.5 Å². The molecule has 4 rings (SSSR count). The molecule has 5 heteroatoms. The first-order chi connectivity index (χ1) is 9.77. The van der Waals surface area contributed by atoms with Crippen LogP contribution in [0.5, 0.6) is 0 Å². The molecule has 0 aromatic rings. The maximum atomic E-state index is 11.6. The maximum absolute atomic E-state index is 11.6. The van der Waals surface area contributed by atoms with Crippen molar-refractivity contribution in [2.75, 3.05) is 6.54 Å². The normalized spacial score (nSPS) is 50.9. The SMILES string of the molecule is O=C(O)C1CCC2C3NNNCC3C3CCCCC3C12. The van der Waals surface area contributed by atoms with Gasteiger partial charge in [0.1, 0.15) is 0 Å². The molecule has 0 bridgehead atoms. The third-order valence-electron chi connectivity index (χ3n) is 6.59. The standard InChI is InChI=1S/C15H25N3O2/c19-15(20)11-6-5-10-13(11)9-4-2-1-3-8(9)12-7-16-18-17-14(10)12/h8-14,16-18H,1-7H2,(H,19,20). The first-order valence-electron chi connectivity index (χ1n) is 8.23. The Morgan fingerprint density at radius 1 is 0.950 bits per heavy atom. The first-order valence-corrected chi connectivity index (χ1v) is 8.23. The second-order valence-electron chi connectivity index (χ2n) is 7.22. The number of hydrazine groups is 2. The fraction of sp³-hybridized carbons (Fsp3) is 0.933. The largest absolute Gasteiger partial charge is 0.481 e. The third-order valence-corrected chi connectivity index (χ3v) is 6.59. The summed E-state index contributed by atoms with van der Waals surface area (Å²) in [6, 6.07) is 0.463. The lowest BCUT2D eigenvalue weighted by Crippen LogP contribution is -2.67. The zero-order chi connectivity index (χ0) is 13.7. The Labute approximate surface area is 119 Å². The monoisotopic (exact) mass is 279 g/mol. The van der Waals surface area contributed by atoms with Crippen LogP contribution in [0.2, 0.25) is 0 Å². The second-order valence-corrected chi connectivity index (χ2v) is 7.22. The van der Waals surface area contributed by atoms with Gasteiger partial charge >= 0.3 is 5.97 Å². The summed E-state index contributed by atoms with van der Waals surface area (Å²) in [5.74, 6) is 2.36. The van der Waals surface area contributed by atoms with Crippen molar-refractivity contribution >= 4 is 5.97 Å². The maximum Gasteiger partial charge on any atom is 0.306 e. The number of hydrogen-bond acceptors (Lipinski definition) is 4. The molecule has 0 radical (unpaired) electrons. The molecule has 3 aliphatic carbocycles. The molecule has 3 saturated carbocycles. The fourth-order valence-electron chi connectivity index (χ4n) is 5.96. The van der Waals surface area contributed by atoms with Crippen molar-refractivity contribution in [1.29, 1.82) is 0 Å². The van der Waals surface area contributed by atoms with Crippen LogP contribution < -0.4 is 16.4 Å². The van der Waals surface area contributed by atoms with E-state index < -0.39 is 5.97 Å². The van der Waals surface area contributed by atoms with E-state index >= 15 is 0 Å². The van der Waals surface area contributed by atoms with Crippen LogP contribution in [0, 0.1) is 35.5 Å². The summed E-state index contributed by atoms with van der Waals surface area (Å²) in [5.41, 5.74) is 9.77. The molecule has 4 aliphatic rings. The van der Waals surface area contributed by atoms with E-state index in [9.17, 15) is 9.90 Å². The van der Waals surface area contributed by atoms with E-state index in [0.717, 1.165) is 25.3 Å². The molecule has 4 fully saturated rings. The predicted molar refractivity (Wildman–Crippen MR) is 74.3 cm³/mol. The number of carboxylic acid groups (broad SMARTS) is 1. The Morgan fingerprint density at radius 3 is 2.55 bits per heavy atom. The molecule has 5 nitrogen and oxygen atoms in total. The molecular weight excluding hydrogens is 254 g/mol. The van der Waals surface area contributed by atoms with Gasteiger partial charge in [-0.25, -0.2) is 10.9 Å². The summed E-state index contributed by atoms with van der Waals surface area (Å²) in [6.45, 7) is 1.03. The van der Waals surface area contributed by atoms with E-state index in [1.54, 1.807) is 0 Å². The molecule has 1 heterocycles. The molecule has 0 aromatic carbocycles. The Morgan fingerprint density at radius 2 is 1.75 bits per heavy atom. The first kappa shape index (κ1) is 13.0. The summed E-state index contributed by atoms with van der Waals surface area (Å²) >= 11 is 0. The van der Waals surface area contributed by atoms with Crippen LogP contribution in [0.25, 0.3) is 0 Å². The van der Waals surface area contributed by atoms with Crippen molar-refractivity contribution in [3.05, 3.63) is 0 Å². The quantitative estimate of drug-likeness (QED) is 0.579. The fourth-order valence-corrected chi connectivity index (χ4v) is 5.96. The molecule has 7 unspecified atom stereocenters. The molecule has 0 amide bonds. The molecule has 4 N–H and O–H groups in total. The molecule has 1 aliphatic heterocycles. The average molecular weight is 279 g/mol. The van der Waals surface area contributed by atoms with Gasteiger partial charge in [-0.3, -0.25) is 4.79 Å². The summed E-state index contributed by atoms with van der Waals surface area (Å²) in [6.07, 6.45) is 7.14. The predicted octanol–water partition coefficient (Wildman–Crippen LogP) is 1.13. The van der Waals surface area contributed by atoms with Gasteiger partial charge in [0.2, 0.25) is 0 Å². The van der Waals surface area contributed by atoms with E-state index in [1.807, 2.05) is 0 Å². The molecule has 20 heavy (non-hydrogen) atoms. The number of aliphatic carboxylic acids is 1. The third kappa shape index (κ3) is 1.83. The molecule has 1 saturated heterocycles. The van der Waals surface area contributed by atoms with Gasteiger partial charge in [0.05, 0.1) is 5.92 Å². The van der Waals surface area contributed by atoms with E-state index in [2.05, 4.69) is 16.4 Å². The number of hydrogen-bond donors (Lipinski definition) is 4. The summed E-state index contributed by atoms with van der Waals surface area (Å²) in [4.78, 5) is 11.6. The van der Waals surface area contributed by atoms with Crippen molar-refractivity contribution in [3.8, 4) is 0 Å². The van der Waals surface area contributed by atoms with Crippen molar-refractivity contribution < 1.29 is 9.90 Å². The lowest BCUT2D eigenvalue weighted by atomic mass is 9.55. The smallest absolute Gasteiger partial charge is 0.306 e. The van der Waals surface area contributed by atoms with Crippen molar-refractivity contribution in [1.82, 2.24) is 16.4 Å². The van der Waals surface area contributed by atoms with Gasteiger partial charge < -0.3 is 5.11 Å². The summed E-state index contributed by atoms with van der Waals surface area (Å²) < 4.78 is 0. The van der Waals surface area contributed by atoms with Gasteiger partial charge in [0, 0.05) is 12.6 Å². The average Bonchev–Trinajstić information content (AvgIpc) is 2.93. The van der Waals surface area contributed by atoms with E-state index in [-0.39, 0.29) is 5.92 Å². The van der Waals surface area contributed by atoms with Crippen LogP contribution >= 0.6 is 0 Å². The molecule has 7 atom stereocenters. The molecular formula is C15H25N3O2. The highest BCUT2D eigenvalue weighted by Gasteiger charge is 2.57. The van der Waals surface area contributed by atoms with Gasteiger partial charge in [0.15, 0.2) is 0 Å². The van der Waals surface area contributed by atoms with Gasteiger partial charge in [-0.2, -0.15) is 5.53 Å². The molecule has 0 aromatic heterocycles. The van der Waals surface area contributed by atoms with Crippen LogP contribution in [0.15, 0.2) is 0 Å². The Balaban J connectivity index is 1.68. The van der Waals surface area contributed by atoms with Crippen LogP contribution in [0.3, 0.4) is 0 Å². The zero-order valence-corrected chi connectivity index (χ0v) is 11.8. The van der Waals surface area contributed by atoms with Crippen LogP contribution in [-0.4, -0.2) is 23.7 Å². The van der Waals surface area contributed by atoms with Crippen molar-refractivity contribution in [3.63, 3.8) is 0 Å². The summed E-state index contributed by atoms with van der Waals surface area (Å²) in [7, 11) is 0. The zero-order valence-electron chi connectivity index (χ0n) is 11.8. The van der Waals surface area contributed by atoms with Gasteiger partial charge in [-0.1, -0.05) is 12.8 Å². The highest BCUT2D eigenvalue weighted by Crippen LogP contribution is 2.56. The van der Waals surface area contributed by atoms with Crippen molar-refractivity contribution in [2.45, 2.75) is 44.6 Å². The lowest BCUT2D eigenvalue weighted by Gasteiger charge is -2.54. The second kappa shape index (κ2) is 4.97. The van der Waals surface area contributed by atoms with Crippen LogP contribution in [-0.2, 0) is 4.79 Å². The van der Waals surface area contributed by atoms with Crippen LogP contribution in [0.4, 0.5) is 0 Å². The van der Waals surface area contributed by atoms with Gasteiger partial charge in [-0.05, 0) is 55.3 Å². The minimum Gasteiger partial charge on any atom is -0.481 e. The minimum absolute atomic E-state index is 0.0942. The summed E-state index contributed by atoms with van der Waals surface area (Å²) in [5, 5.41) is 9.59. The van der Waals surface area contributed by atoms with E-state index in [4.69, 9.17) is 0 Å². The Hall–Kier alpha value is -0.650. The number of fused-ring (bicyclic) bond motifs is 6. The van der Waals surface area contributed by atoms with E-state index in [1.165, 1.54) is 25.7 Å². The topological polar surface area (TPSA) is 73.4 Å². The van der Waals surface area contributed by atoms with Gasteiger partial charge in [-0.15, -0.1) is 0 Å². The number of rotatable bonds is 1. The number of carbonyl (C=O) groups is 1. The Bertz CT molecular complexity index is 403. The Kier molecular flexibility index (Phi) is 3.24. The highest BCUT2D eigenvalue weighted by molar-refractivity contribution is 5.71. The molecule has 0 spiro atoms. The van der Waals surface area contributed by atoms with Crippen molar-refractivity contribution in [2.24, 2.45) is 35.5 Å². The van der Waals surface area contributed by atoms with Gasteiger partial charge in [0.25, 0.3) is 0 Å². The van der Waals surface area contributed by atoms with E-state index in [0.29, 0.717) is 29.7 Å². The highest BCUT2D eigenvalue weighted by atomic mass is 16.4. The molecule has 112 valence electrons.